The Bertz CT molecular complexity index is 304. The molecule has 1 aliphatic carbocycles. The van der Waals surface area contributed by atoms with E-state index in [4.69, 9.17) is 0 Å². The van der Waals surface area contributed by atoms with Gasteiger partial charge in [-0.3, -0.25) is 0 Å². The first-order chi connectivity index (χ1) is 7.70. The van der Waals surface area contributed by atoms with Crippen LogP contribution in [-0.4, -0.2) is 16.1 Å². The third-order valence-electron chi connectivity index (χ3n) is 3.47. The molecular formula is C12H21N3S. The van der Waals surface area contributed by atoms with E-state index < -0.39 is 0 Å². The molecule has 1 N–H and O–H groups in total. The SMILES string of the molecule is CC(C)CC1(CNCc2csnn2)CCC1. The van der Waals surface area contributed by atoms with Crippen molar-refractivity contribution in [2.45, 2.75) is 46.1 Å². The maximum Gasteiger partial charge on any atom is 0.0893 e. The Hall–Kier alpha value is -0.480. The first kappa shape index (κ1) is 12.0. The predicted molar refractivity (Wildman–Crippen MR) is 67.4 cm³/mol. The van der Waals surface area contributed by atoms with Crippen molar-refractivity contribution in [3.8, 4) is 0 Å². The molecular weight excluding hydrogens is 218 g/mol. The molecule has 0 unspecified atom stereocenters. The summed E-state index contributed by atoms with van der Waals surface area (Å²) in [5.41, 5.74) is 1.65. The van der Waals surface area contributed by atoms with E-state index in [0.717, 1.165) is 24.7 Å². The molecule has 1 aromatic rings. The average molecular weight is 239 g/mol. The van der Waals surface area contributed by atoms with Gasteiger partial charge in [-0.15, -0.1) is 5.10 Å². The second-order valence-corrected chi connectivity index (χ2v) is 6.06. The number of hydrogen-bond donors (Lipinski definition) is 1. The highest BCUT2D eigenvalue weighted by molar-refractivity contribution is 7.03. The van der Waals surface area contributed by atoms with E-state index in [1.807, 2.05) is 5.38 Å². The average Bonchev–Trinajstić information content (AvgIpc) is 2.66. The van der Waals surface area contributed by atoms with Crippen LogP contribution in [0.5, 0.6) is 0 Å². The van der Waals surface area contributed by atoms with Crippen LogP contribution in [0.3, 0.4) is 0 Å². The van der Waals surface area contributed by atoms with Crippen molar-refractivity contribution in [2.75, 3.05) is 6.54 Å². The minimum Gasteiger partial charge on any atom is -0.311 e. The lowest BCUT2D eigenvalue weighted by Crippen LogP contribution is -2.40. The highest BCUT2D eigenvalue weighted by Crippen LogP contribution is 2.45. The van der Waals surface area contributed by atoms with Gasteiger partial charge >= 0.3 is 0 Å². The normalized spacial score (nSPS) is 18.7. The zero-order valence-electron chi connectivity index (χ0n) is 10.2. The Labute approximate surface area is 102 Å². The number of aromatic nitrogens is 2. The molecule has 2 rings (SSSR count). The summed E-state index contributed by atoms with van der Waals surface area (Å²) < 4.78 is 3.87. The van der Waals surface area contributed by atoms with Crippen LogP contribution >= 0.6 is 11.5 Å². The van der Waals surface area contributed by atoms with Gasteiger partial charge in [0.1, 0.15) is 0 Å². The van der Waals surface area contributed by atoms with Gasteiger partial charge in [-0.25, -0.2) is 0 Å². The van der Waals surface area contributed by atoms with E-state index in [0.29, 0.717) is 5.41 Å². The van der Waals surface area contributed by atoms with Crippen LogP contribution in [0.4, 0.5) is 0 Å². The minimum absolute atomic E-state index is 0.581. The standard InChI is InChI=1S/C12H21N3S/c1-10(2)6-12(4-3-5-12)9-13-7-11-8-16-15-14-11/h8,10,13H,3-7,9H2,1-2H3. The molecule has 0 aliphatic heterocycles. The van der Waals surface area contributed by atoms with Gasteiger partial charge in [0.25, 0.3) is 0 Å². The zero-order chi connectivity index (χ0) is 11.4. The van der Waals surface area contributed by atoms with E-state index in [9.17, 15) is 0 Å². The molecule has 0 bridgehead atoms. The fraction of sp³-hybridized carbons (Fsp3) is 0.833. The summed E-state index contributed by atoms with van der Waals surface area (Å²) in [5, 5.41) is 9.60. The van der Waals surface area contributed by atoms with Crippen LogP contribution in [0.1, 0.15) is 45.2 Å². The lowest BCUT2D eigenvalue weighted by atomic mass is 9.64. The van der Waals surface area contributed by atoms with Crippen molar-refractivity contribution in [2.24, 2.45) is 11.3 Å². The van der Waals surface area contributed by atoms with Crippen LogP contribution < -0.4 is 5.32 Å². The summed E-state index contributed by atoms with van der Waals surface area (Å²) >= 11 is 1.43. The molecule has 0 spiro atoms. The summed E-state index contributed by atoms with van der Waals surface area (Å²) in [6, 6.07) is 0. The van der Waals surface area contributed by atoms with Crippen LogP contribution in [-0.2, 0) is 6.54 Å². The van der Waals surface area contributed by atoms with E-state index in [1.54, 1.807) is 0 Å². The van der Waals surface area contributed by atoms with Crippen molar-refractivity contribution in [1.29, 1.82) is 0 Å². The largest absolute Gasteiger partial charge is 0.311 e. The summed E-state index contributed by atoms with van der Waals surface area (Å²) in [6.45, 7) is 6.66. The minimum atomic E-state index is 0.581. The highest BCUT2D eigenvalue weighted by Gasteiger charge is 2.36. The fourth-order valence-electron chi connectivity index (χ4n) is 2.71. The number of nitrogens with zero attached hydrogens (tertiary/aromatic N) is 2. The molecule has 1 heterocycles. The molecule has 1 saturated carbocycles. The van der Waals surface area contributed by atoms with Gasteiger partial charge < -0.3 is 5.32 Å². The quantitative estimate of drug-likeness (QED) is 0.829. The summed E-state index contributed by atoms with van der Waals surface area (Å²) in [4.78, 5) is 0. The van der Waals surface area contributed by atoms with Crippen molar-refractivity contribution in [3.63, 3.8) is 0 Å². The second-order valence-electron chi connectivity index (χ2n) is 5.45. The van der Waals surface area contributed by atoms with E-state index in [1.165, 1.54) is 37.2 Å². The van der Waals surface area contributed by atoms with Crippen LogP contribution in [0.15, 0.2) is 5.38 Å². The number of rotatable bonds is 6. The Balaban J connectivity index is 1.75. The number of nitrogens with one attached hydrogen (secondary N) is 1. The summed E-state index contributed by atoms with van der Waals surface area (Å²) in [7, 11) is 0. The lowest BCUT2D eigenvalue weighted by molar-refractivity contribution is 0.0978. The third kappa shape index (κ3) is 3.01. The smallest absolute Gasteiger partial charge is 0.0893 e. The fourth-order valence-corrected chi connectivity index (χ4v) is 3.16. The molecule has 90 valence electrons. The van der Waals surface area contributed by atoms with E-state index >= 15 is 0 Å². The molecule has 0 aromatic carbocycles. The Morgan fingerprint density at radius 3 is 2.81 bits per heavy atom. The van der Waals surface area contributed by atoms with E-state index in [-0.39, 0.29) is 0 Å². The predicted octanol–water partition coefficient (Wildman–Crippen LogP) is 2.84. The van der Waals surface area contributed by atoms with Gasteiger partial charge in [-0.1, -0.05) is 24.8 Å². The molecule has 0 saturated heterocycles. The summed E-state index contributed by atoms with van der Waals surface area (Å²) in [6.07, 6.45) is 5.56. The van der Waals surface area contributed by atoms with Gasteiger partial charge in [0.2, 0.25) is 0 Å². The zero-order valence-corrected chi connectivity index (χ0v) is 11.0. The van der Waals surface area contributed by atoms with E-state index in [2.05, 4.69) is 28.8 Å². The second kappa shape index (κ2) is 5.23. The number of hydrogen-bond acceptors (Lipinski definition) is 4. The third-order valence-corrected chi connectivity index (χ3v) is 4.02. The van der Waals surface area contributed by atoms with Crippen LogP contribution in [0, 0.1) is 11.3 Å². The molecule has 1 fully saturated rings. The molecule has 3 nitrogen and oxygen atoms in total. The van der Waals surface area contributed by atoms with Gasteiger partial charge in [0.15, 0.2) is 0 Å². The van der Waals surface area contributed by atoms with Gasteiger partial charge in [0, 0.05) is 18.5 Å². The van der Waals surface area contributed by atoms with Gasteiger partial charge in [0.05, 0.1) is 5.69 Å². The molecule has 0 atom stereocenters. The Kier molecular flexibility index (Phi) is 3.92. The highest BCUT2D eigenvalue weighted by atomic mass is 32.1. The molecule has 0 amide bonds. The molecule has 0 radical (unpaired) electrons. The molecule has 1 aliphatic rings. The Morgan fingerprint density at radius 1 is 1.50 bits per heavy atom. The van der Waals surface area contributed by atoms with Crippen LogP contribution in [0.2, 0.25) is 0 Å². The van der Waals surface area contributed by atoms with Crippen molar-refractivity contribution >= 4 is 11.5 Å². The topological polar surface area (TPSA) is 37.8 Å². The monoisotopic (exact) mass is 239 g/mol. The van der Waals surface area contributed by atoms with Crippen LogP contribution in [0.25, 0.3) is 0 Å². The first-order valence-corrected chi connectivity index (χ1v) is 7.00. The van der Waals surface area contributed by atoms with Gasteiger partial charge in [-0.2, -0.15) is 0 Å². The van der Waals surface area contributed by atoms with Crippen molar-refractivity contribution in [3.05, 3.63) is 11.1 Å². The Morgan fingerprint density at radius 2 is 2.31 bits per heavy atom. The summed E-state index contributed by atoms with van der Waals surface area (Å²) in [5.74, 6) is 0.808. The molecule has 16 heavy (non-hydrogen) atoms. The maximum absolute atomic E-state index is 4.05. The lowest BCUT2D eigenvalue weighted by Gasteiger charge is -2.43. The maximum atomic E-state index is 4.05. The first-order valence-electron chi connectivity index (χ1n) is 6.17. The molecule has 1 aromatic heterocycles. The van der Waals surface area contributed by atoms with Crippen molar-refractivity contribution in [1.82, 2.24) is 14.9 Å². The van der Waals surface area contributed by atoms with Crippen molar-refractivity contribution < 1.29 is 0 Å². The molecule has 4 heteroatoms. The van der Waals surface area contributed by atoms with Gasteiger partial charge in [-0.05, 0) is 42.1 Å².